The first-order chi connectivity index (χ1) is 13.7. The fraction of sp³-hybridized carbons (Fsp3) is 0.552. The summed E-state index contributed by atoms with van der Waals surface area (Å²) in [6.45, 7) is 18.7. The van der Waals surface area contributed by atoms with Gasteiger partial charge in [-0.25, -0.2) is 0 Å². The average Bonchev–Trinajstić information content (AvgIpc) is 2.89. The van der Waals surface area contributed by atoms with Crippen molar-refractivity contribution < 1.29 is 4.79 Å². The lowest BCUT2D eigenvalue weighted by atomic mass is 9.82. The highest BCUT2D eigenvalue weighted by atomic mass is 16.1. The Morgan fingerprint density at radius 1 is 0.600 bits per heavy atom. The third-order valence-corrected chi connectivity index (χ3v) is 7.65. The van der Waals surface area contributed by atoms with E-state index < -0.39 is 0 Å². The van der Waals surface area contributed by atoms with E-state index in [1.807, 2.05) is 0 Å². The highest BCUT2D eigenvalue weighted by Gasteiger charge is 2.42. The van der Waals surface area contributed by atoms with Crippen LogP contribution in [-0.2, 0) is 39.3 Å². The summed E-state index contributed by atoms with van der Waals surface area (Å²) >= 11 is 0. The van der Waals surface area contributed by atoms with Gasteiger partial charge in [-0.05, 0) is 67.9 Å². The zero-order valence-electron chi connectivity index (χ0n) is 20.2. The zero-order chi connectivity index (χ0) is 22.1. The Morgan fingerprint density at radius 2 is 0.933 bits per heavy atom. The molecule has 0 saturated heterocycles. The lowest BCUT2D eigenvalue weighted by Crippen LogP contribution is -2.18. The van der Waals surface area contributed by atoms with Crippen molar-refractivity contribution >= 4 is 5.78 Å². The fourth-order valence-corrected chi connectivity index (χ4v) is 6.81. The summed E-state index contributed by atoms with van der Waals surface area (Å²) in [6, 6.07) is 13.5. The van der Waals surface area contributed by atoms with E-state index in [-0.39, 0.29) is 21.7 Å². The van der Waals surface area contributed by atoms with E-state index in [4.69, 9.17) is 0 Å². The number of carbonyl (C=O) groups excluding carboxylic acids is 1. The third-order valence-electron chi connectivity index (χ3n) is 7.65. The molecule has 30 heavy (non-hydrogen) atoms. The van der Waals surface area contributed by atoms with Crippen molar-refractivity contribution in [2.75, 3.05) is 0 Å². The molecule has 0 aromatic heterocycles. The number of benzene rings is 2. The van der Waals surface area contributed by atoms with Gasteiger partial charge in [0.1, 0.15) is 5.78 Å². The average molecular weight is 403 g/mol. The number of hydrogen-bond acceptors (Lipinski definition) is 1. The smallest absolute Gasteiger partial charge is 0.141 e. The SMILES string of the molecule is CC1(C)CC(C)(C)c2cc(CC(=O)Cc3ccc4c(c3)C(C)(C)CC4(C)C)ccc21. The monoisotopic (exact) mass is 402 g/mol. The molecule has 0 fully saturated rings. The molecule has 2 aliphatic rings. The van der Waals surface area contributed by atoms with Gasteiger partial charge in [-0.2, -0.15) is 0 Å². The highest BCUT2D eigenvalue weighted by Crippen LogP contribution is 2.50. The van der Waals surface area contributed by atoms with Gasteiger partial charge in [-0.3, -0.25) is 4.79 Å². The molecule has 2 aliphatic carbocycles. The van der Waals surface area contributed by atoms with Gasteiger partial charge < -0.3 is 0 Å². The Hall–Kier alpha value is -1.89. The van der Waals surface area contributed by atoms with E-state index in [0.29, 0.717) is 18.6 Å². The van der Waals surface area contributed by atoms with Gasteiger partial charge in [-0.1, -0.05) is 91.8 Å². The maximum absolute atomic E-state index is 13.0. The van der Waals surface area contributed by atoms with E-state index in [0.717, 1.165) is 24.0 Å². The standard InChI is InChI=1S/C29H38O/c1-26(2)17-28(5,6)24-15-19(9-11-22(24)26)13-21(30)14-20-10-12-23-25(16-20)29(7,8)18-27(23,3)4/h9-12,15-16H,13-14,17-18H2,1-8H3. The molecule has 0 heterocycles. The minimum absolute atomic E-state index is 0.177. The molecule has 0 saturated carbocycles. The molecule has 1 nitrogen and oxygen atoms in total. The molecular weight excluding hydrogens is 364 g/mol. The molecule has 2 aromatic carbocycles. The molecular formula is C29H38O. The topological polar surface area (TPSA) is 17.1 Å². The normalized spacial score (nSPS) is 21.9. The minimum Gasteiger partial charge on any atom is -0.299 e. The second-order valence-electron chi connectivity index (χ2n) is 12.5. The van der Waals surface area contributed by atoms with Gasteiger partial charge in [0.2, 0.25) is 0 Å². The Bertz CT molecular complexity index is 935. The summed E-state index contributed by atoms with van der Waals surface area (Å²) in [4.78, 5) is 13.0. The lowest BCUT2D eigenvalue weighted by molar-refractivity contribution is -0.117. The first-order valence-corrected chi connectivity index (χ1v) is 11.5. The summed E-state index contributed by atoms with van der Waals surface area (Å²) < 4.78 is 0. The van der Waals surface area contributed by atoms with E-state index in [1.165, 1.54) is 22.3 Å². The van der Waals surface area contributed by atoms with E-state index in [2.05, 4.69) is 91.8 Å². The molecule has 160 valence electrons. The minimum atomic E-state index is 0.177. The molecule has 0 unspecified atom stereocenters. The summed E-state index contributed by atoms with van der Waals surface area (Å²) in [5, 5.41) is 0. The van der Waals surface area contributed by atoms with Crippen molar-refractivity contribution in [1.82, 2.24) is 0 Å². The molecule has 0 spiro atoms. The van der Waals surface area contributed by atoms with E-state index >= 15 is 0 Å². The second-order valence-corrected chi connectivity index (χ2v) is 12.5. The van der Waals surface area contributed by atoms with Crippen molar-refractivity contribution in [3.05, 3.63) is 69.8 Å². The number of hydrogen-bond donors (Lipinski definition) is 0. The van der Waals surface area contributed by atoms with Crippen LogP contribution in [0.3, 0.4) is 0 Å². The van der Waals surface area contributed by atoms with E-state index in [9.17, 15) is 4.79 Å². The number of carbonyl (C=O) groups is 1. The van der Waals surface area contributed by atoms with Crippen LogP contribution < -0.4 is 0 Å². The largest absolute Gasteiger partial charge is 0.299 e. The van der Waals surface area contributed by atoms with Crippen LogP contribution in [0.4, 0.5) is 0 Å². The van der Waals surface area contributed by atoms with Gasteiger partial charge >= 0.3 is 0 Å². The lowest BCUT2D eigenvalue weighted by Gasteiger charge is -2.22. The van der Waals surface area contributed by atoms with Gasteiger partial charge in [0.05, 0.1) is 0 Å². The van der Waals surface area contributed by atoms with Crippen LogP contribution in [0.25, 0.3) is 0 Å². The molecule has 0 radical (unpaired) electrons. The molecule has 0 amide bonds. The summed E-state index contributed by atoms with van der Waals surface area (Å²) in [6.07, 6.45) is 3.37. The number of ketones is 1. The molecule has 4 rings (SSSR count). The molecule has 0 bridgehead atoms. The molecule has 1 heteroatoms. The van der Waals surface area contributed by atoms with Crippen LogP contribution in [-0.4, -0.2) is 5.78 Å². The van der Waals surface area contributed by atoms with Gasteiger partial charge in [0.15, 0.2) is 0 Å². The number of fused-ring (bicyclic) bond motifs is 2. The van der Waals surface area contributed by atoms with Crippen molar-refractivity contribution in [3.8, 4) is 0 Å². The fourth-order valence-electron chi connectivity index (χ4n) is 6.81. The van der Waals surface area contributed by atoms with Crippen molar-refractivity contribution in [2.45, 2.75) is 103 Å². The Morgan fingerprint density at radius 3 is 1.30 bits per heavy atom. The maximum Gasteiger partial charge on any atom is 0.141 e. The zero-order valence-corrected chi connectivity index (χ0v) is 20.2. The van der Waals surface area contributed by atoms with Gasteiger partial charge in [0, 0.05) is 12.8 Å². The molecule has 0 N–H and O–H groups in total. The van der Waals surface area contributed by atoms with Crippen LogP contribution in [0.5, 0.6) is 0 Å². The Balaban J connectivity index is 1.53. The second kappa shape index (κ2) is 6.55. The predicted octanol–water partition coefficient (Wildman–Crippen LogP) is 6.96. The first-order valence-electron chi connectivity index (χ1n) is 11.5. The molecule has 0 aliphatic heterocycles. The first kappa shape index (κ1) is 21.3. The van der Waals surface area contributed by atoms with Crippen LogP contribution >= 0.6 is 0 Å². The summed E-state index contributed by atoms with van der Waals surface area (Å²) in [7, 11) is 0. The third kappa shape index (κ3) is 3.55. The predicted molar refractivity (Wildman–Crippen MR) is 127 cm³/mol. The summed E-state index contributed by atoms with van der Waals surface area (Å²) in [5.41, 5.74) is 8.86. The molecule has 2 aromatic rings. The number of rotatable bonds is 4. The Labute approximate surface area is 183 Å². The van der Waals surface area contributed by atoms with Crippen LogP contribution in [0.2, 0.25) is 0 Å². The quantitative estimate of drug-likeness (QED) is 0.540. The Kier molecular flexibility index (Phi) is 4.66. The summed E-state index contributed by atoms with van der Waals surface area (Å²) in [5.74, 6) is 0.306. The van der Waals surface area contributed by atoms with Crippen molar-refractivity contribution in [3.63, 3.8) is 0 Å². The van der Waals surface area contributed by atoms with Gasteiger partial charge in [0.25, 0.3) is 0 Å². The highest BCUT2D eigenvalue weighted by molar-refractivity contribution is 5.83. The number of Topliss-reactive ketones (excluding diaryl/α,β-unsaturated/α-hetero) is 1. The maximum atomic E-state index is 13.0. The van der Waals surface area contributed by atoms with Crippen molar-refractivity contribution in [1.29, 1.82) is 0 Å². The van der Waals surface area contributed by atoms with Crippen LogP contribution in [0, 0.1) is 0 Å². The van der Waals surface area contributed by atoms with Crippen LogP contribution in [0.15, 0.2) is 36.4 Å². The molecule has 0 atom stereocenters. The van der Waals surface area contributed by atoms with Gasteiger partial charge in [-0.15, -0.1) is 0 Å². The van der Waals surface area contributed by atoms with Crippen molar-refractivity contribution in [2.24, 2.45) is 0 Å². The van der Waals surface area contributed by atoms with Crippen LogP contribution in [0.1, 0.15) is 102 Å². The van der Waals surface area contributed by atoms with E-state index in [1.54, 1.807) is 0 Å².